The Kier molecular flexibility index (Phi) is 12.5. The van der Waals surface area contributed by atoms with Crippen molar-refractivity contribution in [1.29, 1.82) is 0 Å². The molecule has 218 valence electrons. The number of esters is 1. The summed E-state index contributed by atoms with van der Waals surface area (Å²) in [6.45, 7) is 10.3. The molecule has 5 heteroatoms. The minimum Gasteiger partial charge on any atom is -0.462 e. The van der Waals surface area contributed by atoms with Gasteiger partial charge in [-0.2, -0.15) is 0 Å². The molecule has 4 fully saturated rings. The van der Waals surface area contributed by atoms with Crippen LogP contribution in [-0.4, -0.2) is 23.8 Å². The fourth-order valence-corrected chi connectivity index (χ4v) is 7.04. The fourth-order valence-electron chi connectivity index (χ4n) is 7.04. The van der Waals surface area contributed by atoms with E-state index in [2.05, 4.69) is 31.0 Å². The number of cyclic esters (lactones) is 1. The smallest absolute Gasteiger partial charge is 0.309 e. The van der Waals surface area contributed by atoms with E-state index >= 15 is 0 Å². The topological polar surface area (TPSA) is 56.3 Å². The first-order chi connectivity index (χ1) is 19.5. The third-order valence-corrected chi connectivity index (χ3v) is 9.31. The van der Waals surface area contributed by atoms with Gasteiger partial charge in [-0.3, -0.25) is 9.78 Å². The summed E-state index contributed by atoms with van der Waals surface area (Å²) in [4.78, 5) is 25.0. The van der Waals surface area contributed by atoms with Crippen LogP contribution in [0.3, 0.4) is 0 Å². The summed E-state index contributed by atoms with van der Waals surface area (Å²) in [5.41, 5.74) is 2.62. The number of hydrogen-bond donors (Lipinski definition) is 0. The number of benzene rings is 1. The number of nitrogens with zero attached hydrogens (tertiary/aromatic N) is 1. The van der Waals surface area contributed by atoms with E-state index in [9.17, 15) is 9.18 Å². The second kappa shape index (κ2) is 15.8. The lowest BCUT2D eigenvalue weighted by atomic mass is 9.57. The van der Waals surface area contributed by atoms with Crippen molar-refractivity contribution < 1.29 is 18.7 Å². The SMILES string of the molecule is C=O.CC.CCC1CCC1.C[C@@H]1OC(=O)C2C[C@H]3CCCC[C@H]3C(/C=C/c3ccc(-c4cccc(F)c4)cn3)C21. The Morgan fingerprint density at radius 2 is 1.77 bits per heavy atom. The van der Waals surface area contributed by atoms with Crippen molar-refractivity contribution in [2.75, 3.05) is 0 Å². The van der Waals surface area contributed by atoms with Crippen LogP contribution in [0.15, 0.2) is 48.7 Å². The first-order valence-electron chi connectivity index (χ1n) is 15.4. The van der Waals surface area contributed by atoms with Gasteiger partial charge in [-0.15, -0.1) is 0 Å². The van der Waals surface area contributed by atoms with Crippen molar-refractivity contribution in [2.24, 2.45) is 35.5 Å². The Labute approximate surface area is 240 Å². The van der Waals surface area contributed by atoms with Crippen molar-refractivity contribution in [3.05, 3.63) is 60.2 Å². The lowest BCUT2D eigenvalue weighted by molar-refractivity contribution is -0.144. The van der Waals surface area contributed by atoms with Gasteiger partial charge in [0.1, 0.15) is 18.7 Å². The normalized spacial score (nSPS) is 28.7. The average Bonchev–Trinajstić information content (AvgIpc) is 3.26. The maximum atomic E-state index is 13.5. The maximum Gasteiger partial charge on any atom is 0.309 e. The summed E-state index contributed by atoms with van der Waals surface area (Å²) < 4.78 is 19.1. The van der Waals surface area contributed by atoms with Gasteiger partial charge in [-0.25, -0.2) is 4.39 Å². The van der Waals surface area contributed by atoms with Crippen LogP contribution in [0.4, 0.5) is 4.39 Å². The minimum absolute atomic E-state index is 0.00694. The monoisotopic (exact) mass is 549 g/mol. The van der Waals surface area contributed by atoms with Crippen LogP contribution in [0.1, 0.15) is 91.2 Å². The zero-order valence-electron chi connectivity index (χ0n) is 24.9. The number of rotatable bonds is 4. The van der Waals surface area contributed by atoms with E-state index in [0.717, 1.165) is 29.2 Å². The standard InChI is InChI=1S/C26H28FNO2.C6H12.C2H6.CH2O/c1-16-25-23(22-8-3-2-5-18(22)14-24(25)26(29)30-16)12-11-21-10-9-19(15-28-21)17-6-4-7-20(27)13-17;1-2-6-4-3-5-6;2*1-2/h4,6-7,9-13,15-16,18,22-25H,2-3,5,8,14H2,1H3;6H,2-5H2,1H3;1-2H3;1H2/b12-11+;;;/t16-,18+,22+,23?,24?,25?;;;/m0.../s1. The van der Waals surface area contributed by atoms with E-state index in [1.54, 1.807) is 12.3 Å². The zero-order valence-corrected chi connectivity index (χ0v) is 24.9. The van der Waals surface area contributed by atoms with Gasteiger partial charge >= 0.3 is 5.97 Å². The van der Waals surface area contributed by atoms with Crippen LogP contribution in [0.25, 0.3) is 17.2 Å². The van der Waals surface area contributed by atoms with E-state index < -0.39 is 0 Å². The highest BCUT2D eigenvalue weighted by molar-refractivity contribution is 5.75. The molecule has 2 heterocycles. The molecule has 1 aliphatic heterocycles. The fraction of sp³-hybridized carbons (Fsp3) is 0.571. The van der Waals surface area contributed by atoms with Gasteiger partial charge in [0.25, 0.3) is 0 Å². The van der Waals surface area contributed by atoms with Crippen molar-refractivity contribution in [3.8, 4) is 11.1 Å². The number of carbonyl (C=O) groups excluding carboxylic acids is 2. The van der Waals surface area contributed by atoms with E-state index in [0.29, 0.717) is 17.8 Å². The molecule has 1 aromatic carbocycles. The number of pyridine rings is 1. The molecule has 3 saturated carbocycles. The lowest BCUT2D eigenvalue weighted by Crippen LogP contribution is -2.42. The van der Waals surface area contributed by atoms with Crippen LogP contribution in [-0.2, 0) is 14.3 Å². The summed E-state index contributed by atoms with van der Waals surface area (Å²) in [6, 6.07) is 10.5. The quantitative estimate of drug-likeness (QED) is 0.357. The molecule has 0 spiro atoms. The van der Waals surface area contributed by atoms with E-state index in [4.69, 9.17) is 9.53 Å². The van der Waals surface area contributed by atoms with Gasteiger partial charge in [-0.05, 0) is 73.3 Å². The highest BCUT2D eigenvalue weighted by Crippen LogP contribution is 2.53. The summed E-state index contributed by atoms with van der Waals surface area (Å²) in [5.74, 6) is 2.85. The van der Waals surface area contributed by atoms with Crippen molar-refractivity contribution >= 4 is 18.8 Å². The highest BCUT2D eigenvalue weighted by atomic mass is 19.1. The van der Waals surface area contributed by atoms with Crippen LogP contribution in [0, 0.1) is 41.3 Å². The van der Waals surface area contributed by atoms with Crippen molar-refractivity contribution in [3.63, 3.8) is 0 Å². The first-order valence-corrected chi connectivity index (χ1v) is 15.4. The number of fused-ring (bicyclic) bond motifs is 2. The molecular weight excluding hydrogens is 501 g/mol. The number of hydrogen-bond acceptors (Lipinski definition) is 4. The number of carbonyl (C=O) groups is 2. The molecule has 40 heavy (non-hydrogen) atoms. The maximum absolute atomic E-state index is 13.5. The second-order valence-electron chi connectivity index (χ2n) is 11.4. The van der Waals surface area contributed by atoms with E-state index in [1.807, 2.05) is 38.8 Å². The molecule has 3 unspecified atom stereocenters. The summed E-state index contributed by atoms with van der Waals surface area (Å²) in [6.07, 6.45) is 18.2. The summed E-state index contributed by atoms with van der Waals surface area (Å²) >= 11 is 0. The third kappa shape index (κ3) is 7.67. The zero-order chi connectivity index (χ0) is 29.1. The Morgan fingerprint density at radius 3 is 2.38 bits per heavy atom. The highest BCUT2D eigenvalue weighted by Gasteiger charge is 2.53. The third-order valence-electron chi connectivity index (χ3n) is 9.31. The Balaban J connectivity index is 0.000000381. The molecule has 3 aliphatic carbocycles. The van der Waals surface area contributed by atoms with Gasteiger partial charge < -0.3 is 9.53 Å². The Bertz CT molecular complexity index is 1080. The second-order valence-corrected chi connectivity index (χ2v) is 11.4. The van der Waals surface area contributed by atoms with Gasteiger partial charge in [0, 0.05) is 17.7 Å². The molecular formula is C35H48FNO3. The summed E-state index contributed by atoms with van der Waals surface area (Å²) in [5, 5.41) is 0. The molecule has 0 amide bonds. The van der Waals surface area contributed by atoms with E-state index in [1.165, 1.54) is 63.5 Å². The molecule has 6 atom stereocenters. The Morgan fingerprint density at radius 1 is 1.02 bits per heavy atom. The van der Waals surface area contributed by atoms with Crippen LogP contribution in [0.5, 0.6) is 0 Å². The Hall–Kier alpha value is -2.82. The molecule has 0 N–H and O–H groups in total. The van der Waals surface area contributed by atoms with Gasteiger partial charge in [0.05, 0.1) is 11.6 Å². The molecule has 0 radical (unpaired) electrons. The predicted octanol–water partition coefficient (Wildman–Crippen LogP) is 8.94. The van der Waals surface area contributed by atoms with Crippen LogP contribution >= 0.6 is 0 Å². The molecule has 6 rings (SSSR count). The van der Waals surface area contributed by atoms with Gasteiger partial charge in [0.2, 0.25) is 0 Å². The lowest BCUT2D eigenvalue weighted by Gasteiger charge is -2.45. The van der Waals surface area contributed by atoms with Gasteiger partial charge in [-0.1, -0.05) is 90.0 Å². The largest absolute Gasteiger partial charge is 0.462 e. The number of halogens is 1. The first kappa shape index (κ1) is 31.7. The predicted molar refractivity (Wildman–Crippen MR) is 161 cm³/mol. The molecule has 1 aromatic heterocycles. The molecule has 1 saturated heterocycles. The van der Waals surface area contributed by atoms with Crippen LogP contribution < -0.4 is 0 Å². The van der Waals surface area contributed by atoms with Crippen molar-refractivity contribution in [1.82, 2.24) is 4.98 Å². The molecule has 4 nitrogen and oxygen atoms in total. The number of allylic oxidation sites excluding steroid dienone is 1. The number of aromatic nitrogens is 1. The van der Waals surface area contributed by atoms with Crippen molar-refractivity contribution in [2.45, 2.75) is 91.6 Å². The molecule has 4 aliphatic rings. The molecule has 0 bridgehead atoms. The van der Waals surface area contributed by atoms with E-state index in [-0.39, 0.29) is 29.7 Å². The number of ether oxygens (including phenoxy) is 1. The van der Waals surface area contributed by atoms with Gasteiger partial charge in [0.15, 0.2) is 0 Å². The summed E-state index contributed by atoms with van der Waals surface area (Å²) in [7, 11) is 0. The average molecular weight is 550 g/mol. The minimum atomic E-state index is -0.243. The molecule has 2 aromatic rings. The van der Waals surface area contributed by atoms with Crippen LogP contribution in [0.2, 0.25) is 0 Å².